The predicted molar refractivity (Wildman–Crippen MR) is 87.0 cm³/mol. The molecular weight excluding hydrogens is 312 g/mol. The molecule has 0 N–H and O–H groups in total. The van der Waals surface area contributed by atoms with Crippen LogP contribution in [-0.4, -0.2) is 41.1 Å². The topological polar surface area (TPSA) is 45.2 Å². The summed E-state index contributed by atoms with van der Waals surface area (Å²) in [7, 11) is 0. The lowest BCUT2D eigenvalue weighted by molar-refractivity contribution is 0.533. The second-order valence-corrected chi connectivity index (χ2v) is 6.48. The molecule has 7 heteroatoms. The molecule has 0 amide bonds. The van der Waals surface area contributed by atoms with Gasteiger partial charge in [-0.1, -0.05) is 6.92 Å². The molecule has 4 heterocycles. The third-order valence-electron chi connectivity index (χ3n) is 5.00. The van der Waals surface area contributed by atoms with E-state index < -0.39 is 0 Å². The number of hydrogen-bond donors (Lipinski definition) is 0. The first-order valence-electron chi connectivity index (χ1n) is 8.26. The van der Waals surface area contributed by atoms with Gasteiger partial charge in [0.2, 0.25) is 0 Å². The van der Waals surface area contributed by atoms with Crippen molar-refractivity contribution in [1.29, 1.82) is 0 Å². The lowest BCUT2D eigenvalue weighted by Crippen LogP contribution is -2.30. The van der Waals surface area contributed by atoms with Gasteiger partial charge in [0.25, 0.3) is 0 Å². The van der Waals surface area contributed by atoms with Gasteiger partial charge in [-0.2, -0.15) is 0 Å². The Morgan fingerprint density at radius 2 is 1.71 bits per heavy atom. The molecule has 0 radical (unpaired) electrons. The van der Waals surface area contributed by atoms with Crippen LogP contribution in [0.1, 0.15) is 12.6 Å². The third kappa shape index (κ3) is 2.57. The summed E-state index contributed by atoms with van der Waals surface area (Å²) < 4.78 is 27.5. The van der Waals surface area contributed by atoms with Crippen molar-refractivity contribution in [2.45, 2.75) is 13.3 Å². The van der Waals surface area contributed by atoms with Crippen LogP contribution in [-0.2, 0) is 6.42 Å². The monoisotopic (exact) mass is 331 g/mol. The average Bonchev–Trinajstić information content (AvgIpc) is 3.14. The zero-order chi connectivity index (χ0) is 16.7. The SMILES string of the molecule is CCc1ncnc(N2CC3CN(c4ccc(F)cn4)CC3C2)c1F. The molecule has 2 saturated heterocycles. The second-order valence-electron chi connectivity index (χ2n) is 6.48. The van der Waals surface area contributed by atoms with Gasteiger partial charge >= 0.3 is 0 Å². The highest BCUT2D eigenvalue weighted by atomic mass is 19.1. The molecule has 2 unspecified atom stereocenters. The van der Waals surface area contributed by atoms with Gasteiger partial charge in [0.1, 0.15) is 18.0 Å². The van der Waals surface area contributed by atoms with E-state index in [9.17, 15) is 8.78 Å². The largest absolute Gasteiger partial charge is 0.356 e. The fraction of sp³-hybridized carbons (Fsp3) is 0.471. The summed E-state index contributed by atoms with van der Waals surface area (Å²) in [4.78, 5) is 16.5. The number of nitrogens with zero attached hydrogens (tertiary/aromatic N) is 5. The fourth-order valence-electron chi connectivity index (χ4n) is 3.77. The summed E-state index contributed by atoms with van der Waals surface area (Å²) in [5.41, 5.74) is 0.467. The van der Waals surface area contributed by atoms with Crippen molar-refractivity contribution in [3.63, 3.8) is 0 Å². The number of aryl methyl sites for hydroxylation is 1. The first kappa shape index (κ1) is 15.2. The van der Waals surface area contributed by atoms with Crippen LogP contribution in [0.3, 0.4) is 0 Å². The third-order valence-corrected chi connectivity index (χ3v) is 5.00. The minimum Gasteiger partial charge on any atom is -0.356 e. The number of hydrogen-bond acceptors (Lipinski definition) is 5. The van der Waals surface area contributed by atoms with Crippen LogP contribution >= 0.6 is 0 Å². The summed E-state index contributed by atoms with van der Waals surface area (Å²) in [6, 6.07) is 3.15. The first-order chi connectivity index (χ1) is 11.7. The van der Waals surface area contributed by atoms with E-state index in [-0.39, 0.29) is 11.6 Å². The molecule has 2 aliphatic rings. The zero-order valence-corrected chi connectivity index (χ0v) is 13.5. The van der Waals surface area contributed by atoms with Crippen LogP contribution in [0, 0.1) is 23.5 Å². The molecule has 2 aromatic heterocycles. The molecule has 0 bridgehead atoms. The minimum absolute atomic E-state index is 0.294. The molecule has 2 aromatic rings. The van der Waals surface area contributed by atoms with Crippen molar-refractivity contribution in [2.24, 2.45) is 11.8 Å². The maximum absolute atomic E-state index is 14.5. The Morgan fingerprint density at radius 3 is 2.33 bits per heavy atom. The van der Waals surface area contributed by atoms with Crippen molar-refractivity contribution in [3.05, 3.63) is 42.0 Å². The molecule has 0 saturated carbocycles. The Labute approximate surface area is 139 Å². The van der Waals surface area contributed by atoms with E-state index in [1.165, 1.54) is 18.6 Å². The summed E-state index contributed by atoms with van der Waals surface area (Å²) in [6.45, 7) is 5.15. The maximum atomic E-state index is 14.5. The van der Waals surface area contributed by atoms with E-state index >= 15 is 0 Å². The summed E-state index contributed by atoms with van der Waals surface area (Å²) in [6.07, 6.45) is 3.25. The highest BCUT2D eigenvalue weighted by molar-refractivity contribution is 5.46. The molecule has 0 aliphatic carbocycles. The molecule has 0 spiro atoms. The number of fused-ring (bicyclic) bond motifs is 1. The molecular formula is C17H19F2N5. The maximum Gasteiger partial charge on any atom is 0.187 e. The van der Waals surface area contributed by atoms with Gasteiger partial charge < -0.3 is 9.80 Å². The predicted octanol–water partition coefficient (Wildman–Crippen LogP) is 2.28. The molecule has 4 rings (SSSR count). The Hall–Kier alpha value is -2.31. The van der Waals surface area contributed by atoms with Gasteiger partial charge in [0.15, 0.2) is 11.6 Å². The molecule has 24 heavy (non-hydrogen) atoms. The lowest BCUT2D eigenvalue weighted by Gasteiger charge is -2.23. The molecule has 2 fully saturated rings. The van der Waals surface area contributed by atoms with E-state index in [1.54, 1.807) is 6.07 Å². The van der Waals surface area contributed by atoms with E-state index in [0.717, 1.165) is 32.0 Å². The number of rotatable bonds is 3. The highest BCUT2D eigenvalue weighted by Gasteiger charge is 2.41. The number of anilines is 2. The van der Waals surface area contributed by atoms with E-state index in [2.05, 4.69) is 19.9 Å². The number of aromatic nitrogens is 3. The zero-order valence-electron chi connectivity index (χ0n) is 13.5. The molecule has 0 aromatic carbocycles. The smallest absolute Gasteiger partial charge is 0.187 e. The van der Waals surface area contributed by atoms with E-state index in [4.69, 9.17) is 0 Å². The Kier molecular flexibility index (Phi) is 3.78. The summed E-state index contributed by atoms with van der Waals surface area (Å²) in [5, 5.41) is 0. The molecule has 126 valence electrons. The van der Waals surface area contributed by atoms with Gasteiger partial charge in [-0.05, 0) is 18.6 Å². The van der Waals surface area contributed by atoms with Gasteiger partial charge in [-0.15, -0.1) is 0 Å². The normalized spacial score (nSPS) is 23.0. The van der Waals surface area contributed by atoms with E-state index in [0.29, 0.717) is 29.8 Å². The van der Waals surface area contributed by atoms with Crippen molar-refractivity contribution < 1.29 is 8.78 Å². The average molecular weight is 331 g/mol. The highest BCUT2D eigenvalue weighted by Crippen LogP contribution is 2.35. The van der Waals surface area contributed by atoms with Crippen LogP contribution in [0.2, 0.25) is 0 Å². The number of pyridine rings is 1. The van der Waals surface area contributed by atoms with Gasteiger partial charge in [0.05, 0.1) is 11.9 Å². The quantitative estimate of drug-likeness (QED) is 0.863. The van der Waals surface area contributed by atoms with Crippen LogP contribution in [0.15, 0.2) is 24.7 Å². The number of halogens is 2. The molecule has 2 aliphatic heterocycles. The Morgan fingerprint density at radius 1 is 1.00 bits per heavy atom. The second kappa shape index (κ2) is 5.96. The van der Waals surface area contributed by atoms with Gasteiger partial charge in [-0.3, -0.25) is 0 Å². The van der Waals surface area contributed by atoms with Crippen molar-refractivity contribution in [2.75, 3.05) is 36.0 Å². The van der Waals surface area contributed by atoms with Crippen LogP contribution in [0.4, 0.5) is 20.4 Å². The fourth-order valence-corrected chi connectivity index (χ4v) is 3.77. The van der Waals surface area contributed by atoms with Crippen molar-refractivity contribution in [3.8, 4) is 0 Å². The molecule has 5 nitrogen and oxygen atoms in total. The standard InChI is InChI=1S/C17H19F2N5/c1-2-14-16(19)17(22-10-21-14)24-8-11-6-23(7-12(11)9-24)15-4-3-13(18)5-20-15/h3-5,10-12H,2,6-9H2,1H3. The van der Waals surface area contributed by atoms with E-state index in [1.807, 2.05) is 11.8 Å². The summed E-state index contributed by atoms with van der Waals surface area (Å²) in [5.74, 6) is 1.49. The first-order valence-corrected chi connectivity index (χ1v) is 8.26. The Bertz CT molecular complexity index is 722. The van der Waals surface area contributed by atoms with Crippen molar-refractivity contribution in [1.82, 2.24) is 15.0 Å². The van der Waals surface area contributed by atoms with Crippen LogP contribution in [0.25, 0.3) is 0 Å². The van der Waals surface area contributed by atoms with Gasteiger partial charge in [0, 0.05) is 38.0 Å². The molecule has 2 atom stereocenters. The minimum atomic E-state index is -0.324. The van der Waals surface area contributed by atoms with Crippen molar-refractivity contribution >= 4 is 11.6 Å². The van der Waals surface area contributed by atoms with Crippen LogP contribution in [0.5, 0.6) is 0 Å². The van der Waals surface area contributed by atoms with Gasteiger partial charge in [-0.25, -0.2) is 23.7 Å². The lowest BCUT2D eigenvalue weighted by atomic mass is 10.0. The summed E-state index contributed by atoms with van der Waals surface area (Å²) >= 11 is 0. The Balaban J connectivity index is 1.47. The van der Waals surface area contributed by atoms with Crippen LogP contribution < -0.4 is 9.80 Å².